The largest absolute Gasteiger partial charge is 0.486 e. The van der Waals surface area contributed by atoms with E-state index in [-0.39, 0.29) is 17.1 Å². The van der Waals surface area contributed by atoms with Gasteiger partial charge in [0.25, 0.3) is 0 Å². The van der Waals surface area contributed by atoms with E-state index in [1.807, 2.05) is 54.4 Å². The minimum Gasteiger partial charge on any atom is -0.486 e. The smallest absolute Gasteiger partial charge is 0.186 e. The fourth-order valence-corrected chi connectivity index (χ4v) is 4.84. The predicted octanol–water partition coefficient (Wildman–Crippen LogP) is 4.10. The van der Waals surface area contributed by atoms with Crippen molar-refractivity contribution in [2.24, 2.45) is 0 Å². The summed E-state index contributed by atoms with van der Waals surface area (Å²) < 4.78 is 11.1. The zero-order chi connectivity index (χ0) is 18.8. The van der Waals surface area contributed by atoms with Gasteiger partial charge in [-0.1, -0.05) is 23.9 Å². The number of thioether (sulfide) groups is 2. The number of ether oxygens (including phenoxy) is 2. The Morgan fingerprint density at radius 1 is 1.22 bits per heavy atom. The number of benzene rings is 2. The van der Waals surface area contributed by atoms with Crippen molar-refractivity contribution >= 4 is 35.0 Å². The van der Waals surface area contributed by atoms with Crippen LogP contribution in [0.15, 0.2) is 62.9 Å². The first-order valence-electron chi connectivity index (χ1n) is 8.38. The van der Waals surface area contributed by atoms with Crippen LogP contribution in [0.3, 0.4) is 0 Å². The minimum atomic E-state index is -0.181. The number of nitrogens with zero attached hydrogens (tertiary/aromatic N) is 2. The van der Waals surface area contributed by atoms with Gasteiger partial charge in [0, 0.05) is 16.8 Å². The van der Waals surface area contributed by atoms with E-state index in [2.05, 4.69) is 6.07 Å². The van der Waals surface area contributed by atoms with Crippen molar-refractivity contribution in [2.45, 2.75) is 9.79 Å². The highest BCUT2D eigenvalue weighted by molar-refractivity contribution is 8.03. The number of fused-ring (bicyclic) bond motifs is 2. The molecule has 0 N–H and O–H groups in total. The van der Waals surface area contributed by atoms with Gasteiger partial charge in [0.2, 0.25) is 0 Å². The molecule has 2 aliphatic rings. The second-order valence-corrected chi connectivity index (χ2v) is 8.02. The fraction of sp³-hybridized carbons (Fsp3) is 0.200. The average molecular weight is 396 g/mol. The number of carbonyl (C=O) groups is 1. The number of Topliss-reactive ketones (excluding diaryl/α,β-unsaturated/α-hetero) is 1. The third-order valence-corrected chi connectivity index (χ3v) is 6.46. The summed E-state index contributed by atoms with van der Waals surface area (Å²) in [5, 5.41) is 10.3. The molecule has 2 aliphatic heterocycles. The lowest BCUT2D eigenvalue weighted by Gasteiger charge is -2.18. The molecule has 0 radical (unpaired) electrons. The molecule has 0 aliphatic carbocycles. The van der Waals surface area contributed by atoms with E-state index >= 15 is 0 Å². The molecule has 136 valence electrons. The summed E-state index contributed by atoms with van der Waals surface area (Å²) in [6.07, 6.45) is 0. The number of allylic oxidation sites excluding steroid dienone is 1. The Morgan fingerprint density at radius 3 is 2.78 bits per heavy atom. The van der Waals surface area contributed by atoms with Gasteiger partial charge in [-0.25, -0.2) is 0 Å². The van der Waals surface area contributed by atoms with Crippen LogP contribution in [0, 0.1) is 11.3 Å². The standard InChI is InChI=1S/C20H16N2O3S2/c1-22-15-4-2-3-5-19(15)27-20(22)14(11-21)16(23)12-26-13-6-7-17-18(10-13)25-9-8-24-17/h2-7,10H,8-9,12H2,1H3/b20-14-. The molecule has 0 spiro atoms. The van der Waals surface area contributed by atoms with Gasteiger partial charge in [-0.05, 0) is 30.3 Å². The van der Waals surface area contributed by atoms with Crippen LogP contribution in [0.4, 0.5) is 5.69 Å². The Bertz CT molecular complexity index is 981. The van der Waals surface area contributed by atoms with Crippen LogP contribution in [-0.4, -0.2) is 31.8 Å². The summed E-state index contributed by atoms with van der Waals surface area (Å²) in [7, 11) is 1.88. The summed E-state index contributed by atoms with van der Waals surface area (Å²) in [4.78, 5) is 16.6. The summed E-state index contributed by atoms with van der Waals surface area (Å²) >= 11 is 2.85. The Hall–Kier alpha value is -2.56. The number of anilines is 1. The van der Waals surface area contributed by atoms with Crippen LogP contribution in [0.25, 0.3) is 0 Å². The first-order valence-corrected chi connectivity index (χ1v) is 10.2. The van der Waals surface area contributed by atoms with Crippen molar-refractivity contribution < 1.29 is 14.3 Å². The van der Waals surface area contributed by atoms with Crippen LogP contribution in [0.5, 0.6) is 11.5 Å². The van der Waals surface area contributed by atoms with Gasteiger partial charge in [0.1, 0.15) is 29.9 Å². The van der Waals surface area contributed by atoms with E-state index in [9.17, 15) is 10.1 Å². The van der Waals surface area contributed by atoms with Gasteiger partial charge in [-0.15, -0.1) is 11.8 Å². The highest BCUT2D eigenvalue weighted by Crippen LogP contribution is 2.46. The summed E-state index contributed by atoms with van der Waals surface area (Å²) in [6, 6.07) is 15.6. The third kappa shape index (κ3) is 3.51. The SMILES string of the molecule is CN1/C(=C(\C#N)C(=O)CSc2ccc3c(c2)OCCO3)Sc2ccccc21. The van der Waals surface area contributed by atoms with Gasteiger partial charge in [-0.3, -0.25) is 4.79 Å². The first kappa shape index (κ1) is 17.8. The maximum Gasteiger partial charge on any atom is 0.186 e. The molecule has 0 unspecified atom stereocenters. The predicted molar refractivity (Wildman–Crippen MR) is 107 cm³/mol. The Labute approximate surface area is 165 Å². The number of rotatable bonds is 4. The molecule has 2 aromatic carbocycles. The van der Waals surface area contributed by atoms with Gasteiger partial charge in [-0.2, -0.15) is 5.26 Å². The van der Waals surface area contributed by atoms with E-state index in [1.54, 1.807) is 0 Å². The van der Waals surface area contributed by atoms with E-state index in [0.717, 1.165) is 21.2 Å². The molecule has 0 fully saturated rings. The van der Waals surface area contributed by atoms with Crippen molar-refractivity contribution in [1.82, 2.24) is 0 Å². The van der Waals surface area contributed by atoms with Crippen LogP contribution in [0.2, 0.25) is 0 Å². The minimum absolute atomic E-state index is 0.181. The van der Waals surface area contributed by atoms with Crippen molar-refractivity contribution in [3.05, 3.63) is 53.1 Å². The van der Waals surface area contributed by atoms with Gasteiger partial charge in [0.05, 0.1) is 11.4 Å². The molecule has 2 heterocycles. The van der Waals surface area contributed by atoms with Crippen LogP contribution >= 0.6 is 23.5 Å². The second-order valence-electron chi connectivity index (χ2n) is 5.94. The molecule has 5 nitrogen and oxygen atoms in total. The van der Waals surface area contributed by atoms with Crippen molar-refractivity contribution in [1.29, 1.82) is 5.26 Å². The monoisotopic (exact) mass is 396 g/mol. The van der Waals surface area contributed by atoms with E-state index in [4.69, 9.17) is 9.47 Å². The normalized spacial score (nSPS) is 16.5. The number of hydrogen-bond donors (Lipinski definition) is 0. The zero-order valence-corrected chi connectivity index (χ0v) is 16.2. The molecular weight excluding hydrogens is 380 g/mol. The second kappa shape index (κ2) is 7.59. The molecule has 0 amide bonds. The summed E-state index contributed by atoms with van der Waals surface area (Å²) in [6.45, 7) is 1.07. The van der Waals surface area contributed by atoms with Crippen LogP contribution in [-0.2, 0) is 4.79 Å². The first-order chi connectivity index (χ1) is 13.2. The molecule has 0 saturated carbocycles. The van der Waals surface area contributed by atoms with Crippen LogP contribution < -0.4 is 14.4 Å². The molecule has 27 heavy (non-hydrogen) atoms. The number of hydrogen-bond acceptors (Lipinski definition) is 7. The lowest BCUT2D eigenvalue weighted by Crippen LogP contribution is -2.16. The molecular formula is C20H16N2O3S2. The van der Waals surface area contributed by atoms with Gasteiger partial charge < -0.3 is 14.4 Å². The number of para-hydroxylation sites is 1. The molecule has 0 bridgehead atoms. The lowest BCUT2D eigenvalue weighted by molar-refractivity contribution is -0.112. The molecule has 0 aromatic heterocycles. The number of nitriles is 1. The molecule has 0 atom stereocenters. The topological polar surface area (TPSA) is 62.6 Å². The molecule has 2 aromatic rings. The lowest BCUT2D eigenvalue weighted by atomic mass is 10.2. The maximum absolute atomic E-state index is 12.7. The Kier molecular flexibility index (Phi) is 5.01. The van der Waals surface area contributed by atoms with Gasteiger partial charge in [0.15, 0.2) is 17.3 Å². The van der Waals surface area contributed by atoms with E-state index < -0.39 is 0 Å². The molecule has 4 rings (SSSR count). The number of carbonyl (C=O) groups excluding carboxylic acids is 1. The summed E-state index contributed by atoms with van der Waals surface area (Å²) in [5.74, 6) is 1.42. The Balaban J connectivity index is 1.50. The number of ketones is 1. The quantitative estimate of drug-likeness (QED) is 0.438. The van der Waals surface area contributed by atoms with E-state index in [0.29, 0.717) is 24.0 Å². The average Bonchev–Trinajstić information content (AvgIpc) is 3.03. The molecule has 0 saturated heterocycles. The Morgan fingerprint density at radius 2 is 2.00 bits per heavy atom. The highest BCUT2D eigenvalue weighted by Gasteiger charge is 2.27. The fourth-order valence-electron chi connectivity index (χ4n) is 2.89. The van der Waals surface area contributed by atoms with Gasteiger partial charge >= 0.3 is 0 Å². The van der Waals surface area contributed by atoms with Crippen molar-refractivity contribution in [3.8, 4) is 17.6 Å². The van der Waals surface area contributed by atoms with E-state index in [1.165, 1.54) is 23.5 Å². The van der Waals surface area contributed by atoms with Crippen LogP contribution in [0.1, 0.15) is 0 Å². The third-order valence-electron chi connectivity index (χ3n) is 4.23. The molecule has 7 heteroatoms. The van der Waals surface area contributed by atoms with Crippen molar-refractivity contribution in [3.63, 3.8) is 0 Å². The highest BCUT2D eigenvalue weighted by atomic mass is 32.2. The summed E-state index contributed by atoms with van der Waals surface area (Å²) in [5.41, 5.74) is 1.21. The van der Waals surface area contributed by atoms with Crippen molar-refractivity contribution in [2.75, 3.05) is 30.9 Å². The maximum atomic E-state index is 12.7. The zero-order valence-electron chi connectivity index (χ0n) is 14.6.